The van der Waals surface area contributed by atoms with Gasteiger partial charge in [-0.1, -0.05) is 0 Å². The van der Waals surface area contributed by atoms with E-state index in [0.29, 0.717) is 30.5 Å². The summed E-state index contributed by atoms with van der Waals surface area (Å²) >= 11 is 0. The van der Waals surface area contributed by atoms with Crippen molar-refractivity contribution in [2.45, 2.75) is 26.2 Å². The largest absolute Gasteiger partial charge is 0.465 e. The molecule has 1 aromatic carbocycles. The Balaban J connectivity index is 2.35. The Hall–Kier alpha value is -2.44. The second kappa shape index (κ2) is 6.34. The molecule has 0 fully saturated rings. The topological polar surface area (TPSA) is 89.8 Å². The van der Waals surface area contributed by atoms with Gasteiger partial charge in [-0.2, -0.15) is 0 Å². The molecular weight excluding hydrogens is 276 g/mol. The molecule has 2 rings (SSSR count). The monoisotopic (exact) mass is 292 g/mol. The van der Waals surface area contributed by atoms with Gasteiger partial charge in [0, 0.05) is 24.2 Å². The van der Waals surface area contributed by atoms with Crippen LogP contribution in [0.5, 0.6) is 0 Å². The van der Waals surface area contributed by atoms with Crippen LogP contribution in [0.25, 0.3) is 0 Å². The van der Waals surface area contributed by atoms with Crippen molar-refractivity contribution in [3.05, 3.63) is 33.9 Å². The van der Waals surface area contributed by atoms with Gasteiger partial charge in [0.15, 0.2) is 0 Å². The number of aryl methyl sites for hydroxylation is 1. The average molecular weight is 292 g/mol. The highest BCUT2D eigenvalue weighted by molar-refractivity contribution is 5.99. The maximum atomic E-state index is 12.1. The molecule has 0 aliphatic carbocycles. The first-order chi connectivity index (χ1) is 10.0. The summed E-state index contributed by atoms with van der Waals surface area (Å²) in [4.78, 5) is 35.5. The van der Waals surface area contributed by atoms with E-state index in [0.717, 1.165) is 0 Å². The molecular formula is C14H16N2O5. The number of esters is 1. The minimum atomic E-state index is -0.489. The first-order valence-electron chi connectivity index (χ1n) is 6.76. The summed E-state index contributed by atoms with van der Waals surface area (Å²) in [6, 6.07) is 4.33. The number of hydrogen-bond donors (Lipinski definition) is 0. The Labute approximate surface area is 121 Å². The third kappa shape index (κ3) is 3.36. The van der Waals surface area contributed by atoms with Crippen molar-refractivity contribution in [2.24, 2.45) is 0 Å². The van der Waals surface area contributed by atoms with Crippen LogP contribution in [0.4, 0.5) is 11.4 Å². The van der Waals surface area contributed by atoms with Crippen LogP contribution in [0.3, 0.4) is 0 Å². The van der Waals surface area contributed by atoms with Crippen molar-refractivity contribution in [1.29, 1.82) is 0 Å². The van der Waals surface area contributed by atoms with E-state index in [1.54, 1.807) is 6.92 Å². The number of rotatable bonds is 4. The first kappa shape index (κ1) is 15.0. The molecule has 0 saturated carbocycles. The third-order valence-electron chi connectivity index (χ3n) is 3.30. The number of non-ortho nitro benzene ring substituents is 1. The molecule has 0 spiro atoms. The number of carbonyl (C=O) groups excluding carboxylic acids is 2. The van der Waals surface area contributed by atoms with E-state index in [4.69, 9.17) is 4.74 Å². The van der Waals surface area contributed by atoms with Crippen LogP contribution in [-0.4, -0.2) is 30.0 Å². The van der Waals surface area contributed by atoms with Crippen molar-refractivity contribution in [1.82, 2.24) is 0 Å². The minimum Gasteiger partial charge on any atom is -0.465 e. The lowest BCUT2D eigenvalue weighted by molar-refractivity contribution is -0.384. The zero-order valence-electron chi connectivity index (χ0n) is 11.7. The fourth-order valence-electron chi connectivity index (χ4n) is 2.36. The number of nitrogens with zero attached hydrogens (tertiary/aromatic N) is 2. The molecule has 0 unspecified atom stereocenters. The quantitative estimate of drug-likeness (QED) is 0.479. The van der Waals surface area contributed by atoms with Gasteiger partial charge in [-0.3, -0.25) is 19.7 Å². The second-order valence-electron chi connectivity index (χ2n) is 4.71. The van der Waals surface area contributed by atoms with E-state index < -0.39 is 10.9 Å². The Morgan fingerprint density at radius 2 is 2.19 bits per heavy atom. The van der Waals surface area contributed by atoms with E-state index in [1.807, 2.05) is 0 Å². The van der Waals surface area contributed by atoms with Crippen LogP contribution < -0.4 is 4.90 Å². The molecule has 0 radical (unpaired) electrons. The summed E-state index contributed by atoms with van der Waals surface area (Å²) in [7, 11) is 0. The van der Waals surface area contributed by atoms with Gasteiger partial charge in [-0.15, -0.1) is 0 Å². The van der Waals surface area contributed by atoms with Crippen LogP contribution in [-0.2, 0) is 20.7 Å². The minimum absolute atomic E-state index is 0.0146. The predicted octanol–water partition coefficient (Wildman–Crippen LogP) is 1.83. The maximum absolute atomic E-state index is 12.1. The molecule has 0 bridgehead atoms. The zero-order chi connectivity index (χ0) is 15.4. The van der Waals surface area contributed by atoms with Gasteiger partial charge in [0.25, 0.3) is 5.69 Å². The smallest absolute Gasteiger partial charge is 0.326 e. The number of benzene rings is 1. The number of fused-ring (bicyclic) bond motifs is 1. The Bertz CT molecular complexity index is 585. The maximum Gasteiger partial charge on any atom is 0.326 e. The number of amides is 1. The molecule has 0 atom stereocenters. The fraction of sp³-hybridized carbons (Fsp3) is 0.429. The predicted molar refractivity (Wildman–Crippen MR) is 75.0 cm³/mol. The standard InChI is InChI=1S/C14H16N2O5/c1-2-21-14(18)9-15-12-7-6-11(16(19)20)8-10(12)4-3-5-13(15)17/h6-8H,2-5,9H2,1H3. The molecule has 1 heterocycles. The van der Waals surface area contributed by atoms with Gasteiger partial charge < -0.3 is 9.64 Å². The molecule has 1 aliphatic heterocycles. The van der Waals surface area contributed by atoms with Crippen LogP contribution in [0.2, 0.25) is 0 Å². The van der Waals surface area contributed by atoms with E-state index >= 15 is 0 Å². The average Bonchev–Trinajstić information content (AvgIpc) is 2.59. The second-order valence-corrected chi connectivity index (χ2v) is 4.71. The van der Waals surface area contributed by atoms with Gasteiger partial charge in [-0.25, -0.2) is 0 Å². The third-order valence-corrected chi connectivity index (χ3v) is 3.30. The summed E-state index contributed by atoms with van der Waals surface area (Å²) < 4.78 is 4.87. The van der Waals surface area contributed by atoms with Gasteiger partial charge in [0.05, 0.1) is 11.5 Å². The summed E-state index contributed by atoms with van der Waals surface area (Å²) in [6.45, 7) is 1.77. The van der Waals surface area contributed by atoms with E-state index in [9.17, 15) is 19.7 Å². The van der Waals surface area contributed by atoms with E-state index in [1.165, 1.54) is 23.1 Å². The summed E-state index contributed by atoms with van der Waals surface area (Å²) in [6.07, 6.45) is 1.48. The molecule has 0 aromatic heterocycles. The SMILES string of the molecule is CCOC(=O)CN1C(=O)CCCc2cc([N+](=O)[O-])ccc21. The summed E-state index contributed by atoms with van der Waals surface area (Å²) in [5.41, 5.74) is 1.25. The Morgan fingerprint density at radius 1 is 1.43 bits per heavy atom. The summed E-state index contributed by atoms with van der Waals surface area (Å²) in [5, 5.41) is 10.8. The van der Waals surface area contributed by atoms with Gasteiger partial charge in [0.2, 0.25) is 5.91 Å². The van der Waals surface area contributed by atoms with Gasteiger partial charge in [-0.05, 0) is 31.4 Å². The fourth-order valence-corrected chi connectivity index (χ4v) is 2.36. The number of ether oxygens (including phenoxy) is 1. The highest BCUT2D eigenvalue weighted by atomic mass is 16.6. The highest BCUT2D eigenvalue weighted by Gasteiger charge is 2.26. The van der Waals surface area contributed by atoms with Crippen LogP contribution in [0, 0.1) is 10.1 Å². The molecule has 7 nitrogen and oxygen atoms in total. The van der Waals surface area contributed by atoms with E-state index in [-0.39, 0.29) is 24.7 Å². The number of carbonyl (C=O) groups is 2. The van der Waals surface area contributed by atoms with Crippen LogP contribution >= 0.6 is 0 Å². The molecule has 7 heteroatoms. The molecule has 1 aromatic rings. The van der Waals surface area contributed by atoms with Gasteiger partial charge >= 0.3 is 5.97 Å². The van der Waals surface area contributed by atoms with Crippen LogP contribution in [0.15, 0.2) is 18.2 Å². The van der Waals surface area contributed by atoms with Crippen LogP contribution in [0.1, 0.15) is 25.3 Å². The Kier molecular flexibility index (Phi) is 4.52. The normalized spacial score (nSPS) is 14.3. The molecule has 112 valence electrons. The number of nitro benzene ring substituents is 1. The molecule has 21 heavy (non-hydrogen) atoms. The molecule has 1 aliphatic rings. The molecule has 1 amide bonds. The lowest BCUT2D eigenvalue weighted by Crippen LogP contribution is -2.36. The number of anilines is 1. The number of nitro groups is 1. The molecule has 0 N–H and O–H groups in total. The van der Waals surface area contributed by atoms with E-state index in [2.05, 4.69) is 0 Å². The first-order valence-corrected chi connectivity index (χ1v) is 6.76. The van der Waals surface area contributed by atoms with Crippen molar-refractivity contribution < 1.29 is 19.2 Å². The highest BCUT2D eigenvalue weighted by Crippen LogP contribution is 2.30. The Morgan fingerprint density at radius 3 is 2.86 bits per heavy atom. The molecule has 0 saturated heterocycles. The van der Waals surface area contributed by atoms with Gasteiger partial charge in [0.1, 0.15) is 6.54 Å². The van der Waals surface area contributed by atoms with Crippen molar-refractivity contribution in [3.63, 3.8) is 0 Å². The lowest BCUT2D eigenvalue weighted by atomic mass is 10.1. The number of hydrogen-bond acceptors (Lipinski definition) is 5. The zero-order valence-corrected chi connectivity index (χ0v) is 11.7. The van der Waals surface area contributed by atoms with Crippen molar-refractivity contribution in [2.75, 3.05) is 18.1 Å². The van der Waals surface area contributed by atoms with Crippen molar-refractivity contribution in [3.8, 4) is 0 Å². The lowest BCUT2D eigenvalue weighted by Gasteiger charge is -2.21. The summed E-state index contributed by atoms with van der Waals surface area (Å²) in [5.74, 6) is -0.660. The van der Waals surface area contributed by atoms with Crippen molar-refractivity contribution >= 4 is 23.3 Å².